The summed E-state index contributed by atoms with van der Waals surface area (Å²) in [6, 6.07) is 0. The highest BCUT2D eigenvalue weighted by molar-refractivity contribution is 6.31. The minimum atomic E-state index is 0.218. The van der Waals surface area contributed by atoms with Crippen LogP contribution >= 0.6 is 11.6 Å². The van der Waals surface area contributed by atoms with E-state index in [-0.39, 0.29) is 6.61 Å². The summed E-state index contributed by atoms with van der Waals surface area (Å²) in [6.07, 6.45) is 3.22. The summed E-state index contributed by atoms with van der Waals surface area (Å²) in [6.45, 7) is 4.03. The lowest BCUT2D eigenvalue weighted by Gasteiger charge is -2.17. The lowest BCUT2D eigenvalue weighted by Crippen LogP contribution is -2.22. The van der Waals surface area contributed by atoms with Crippen LogP contribution in [-0.2, 0) is 0 Å². The highest BCUT2D eigenvalue weighted by Crippen LogP contribution is 2.29. The Morgan fingerprint density at radius 1 is 1.47 bits per heavy atom. The number of aromatic nitrogens is 2. The Labute approximate surface area is 93.9 Å². The molecule has 4 nitrogen and oxygen atoms in total. The fraction of sp³-hybridized carbons (Fsp3) is 0.600. The summed E-state index contributed by atoms with van der Waals surface area (Å²) >= 11 is 5.97. The van der Waals surface area contributed by atoms with E-state index in [1.54, 1.807) is 12.4 Å². The number of nitrogens with zero attached hydrogens (tertiary/aromatic N) is 3. The highest BCUT2D eigenvalue weighted by atomic mass is 35.5. The van der Waals surface area contributed by atoms with Crippen LogP contribution in [0.1, 0.15) is 6.92 Å². The molecule has 15 heavy (non-hydrogen) atoms. The Balaban J connectivity index is 2.17. The standard InChI is InChI=1S/C10H14ClN3O/c1-7-4-14(5-8(7)6-15)10-9(11)12-2-3-13-10/h2-3,7-8,15H,4-6H2,1H3/t7-,8+/m0/s1. The first-order valence-electron chi connectivity index (χ1n) is 5.04. The summed E-state index contributed by atoms with van der Waals surface area (Å²) < 4.78 is 0. The van der Waals surface area contributed by atoms with Crippen LogP contribution in [0.25, 0.3) is 0 Å². The van der Waals surface area contributed by atoms with Gasteiger partial charge in [-0.25, -0.2) is 9.97 Å². The van der Waals surface area contributed by atoms with Crippen molar-refractivity contribution in [3.63, 3.8) is 0 Å². The Morgan fingerprint density at radius 3 is 2.80 bits per heavy atom. The number of hydrogen-bond acceptors (Lipinski definition) is 4. The topological polar surface area (TPSA) is 49.2 Å². The SMILES string of the molecule is C[C@H]1CN(c2nccnc2Cl)C[C@@H]1CO. The van der Waals surface area contributed by atoms with Gasteiger partial charge in [0.2, 0.25) is 0 Å². The molecule has 2 rings (SSSR count). The molecular weight excluding hydrogens is 214 g/mol. The van der Waals surface area contributed by atoms with Crippen LogP contribution in [0.15, 0.2) is 12.4 Å². The molecule has 1 N–H and O–H groups in total. The van der Waals surface area contributed by atoms with E-state index in [0.29, 0.717) is 17.0 Å². The van der Waals surface area contributed by atoms with Crippen molar-refractivity contribution in [3.05, 3.63) is 17.5 Å². The molecule has 0 aromatic carbocycles. The predicted octanol–water partition coefficient (Wildman–Crippen LogP) is 1.19. The minimum Gasteiger partial charge on any atom is -0.396 e. The van der Waals surface area contributed by atoms with Crippen LogP contribution in [0.5, 0.6) is 0 Å². The molecule has 1 aromatic rings. The monoisotopic (exact) mass is 227 g/mol. The Bertz CT molecular complexity index is 347. The van der Waals surface area contributed by atoms with Crippen LogP contribution in [0.3, 0.4) is 0 Å². The van der Waals surface area contributed by atoms with Gasteiger partial charge in [0.1, 0.15) is 0 Å². The summed E-state index contributed by atoms with van der Waals surface area (Å²) in [5, 5.41) is 9.61. The van der Waals surface area contributed by atoms with Gasteiger partial charge in [-0.2, -0.15) is 0 Å². The van der Waals surface area contributed by atoms with Crippen molar-refractivity contribution in [2.45, 2.75) is 6.92 Å². The van der Waals surface area contributed by atoms with E-state index in [4.69, 9.17) is 11.6 Å². The maximum absolute atomic E-state index is 9.17. The molecule has 1 aliphatic heterocycles. The lowest BCUT2D eigenvalue weighted by molar-refractivity contribution is 0.212. The van der Waals surface area contributed by atoms with Crippen molar-refractivity contribution in [2.24, 2.45) is 11.8 Å². The molecule has 0 saturated carbocycles. The number of halogens is 1. The van der Waals surface area contributed by atoms with Crippen LogP contribution in [0.2, 0.25) is 5.15 Å². The molecule has 0 radical (unpaired) electrons. The zero-order valence-corrected chi connectivity index (χ0v) is 9.35. The summed E-state index contributed by atoms with van der Waals surface area (Å²) in [7, 11) is 0. The number of hydrogen-bond donors (Lipinski definition) is 1. The quantitative estimate of drug-likeness (QED) is 0.825. The maximum Gasteiger partial charge on any atom is 0.171 e. The van der Waals surface area contributed by atoms with E-state index in [1.165, 1.54) is 0 Å². The molecule has 2 heterocycles. The van der Waals surface area contributed by atoms with Gasteiger partial charge < -0.3 is 10.0 Å². The Kier molecular flexibility index (Phi) is 3.07. The molecule has 0 bridgehead atoms. The van der Waals surface area contributed by atoms with Crippen molar-refractivity contribution < 1.29 is 5.11 Å². The maximum atomic E-state index is 9.17. The van der Waals surface area contributed by atoms with Crippen LogP contribution in [0, 0.1) is 11.8 Å². The van der Waals surface area contributed by atoms with Gasteiger partial charge in [-0.3, -0.25) is 0 Å². The molecule has 1 fully saturated rings. The van der Waals surface area contributed by atoms with Gasteiger partial charge in [0.25, 0.3) is 0 Å². The third-order valence-electron chi connectivity index (χ3n) is 2.94. The molecule has 0 spiro atoms. The summed E-state index contributed by atoms with van der Waals surface area (Å²) in [5.41, 5.74) is 0. The van der Waals surface area contributed by atoms with E-state index in [1.807, 2.05) is 0 Å². The van der Waals surface area contributed by atoms with Gasteiger partial charge in [-0.05, 0) is 5.92 Å². The molecule has 82 valence electrons. The van der Waals surface area contributed by atoms with E-state index in [9.17, 15) is 5.11 Å². The van der Waals surface area contributed by atoms with Gasteiger partial charge in [-0.15, -0.1) is 0 Å². The zero-order valence-electron chi connectivity index (χ0n) is 8.60. The lowest BCUT2D eigenvalue weighted by atomic mass is 10.00. The Morgan fingerprint density at radius 2 is 2.20 bits per heavy atom. The number of anilines is 1. The molecular formula is C10H14ClN3O. The van der Waals surface area contributed by atoms with Crippen LogP contribution in [-0.4, -0.2) is 34.8 Å². The van der Waals surface area contributed by atoms with Gasteiger partial charge in [0, 0.05) is 38.0 Å². The molecule has 0 aliphatic carbocycles. The van der Waals surface area contributed by atoms with Crippen LogP contribution in [0.4, 0.5) is 5.82 Å². The van der Waals surface area contributed by atoms with Crippen molar-refractivity contribution in [3.8, 4) is 0 Å². The highest BCUT2D eigenvalue weighted by Gasteiger charge is 2.30. The normalized spacial score (nSPS) is 25.9. The smallest absolute Gasteiger partial charge is 0.171 e. The molecule has 1 saturated heterocycles. The molecule has 5 heteroatoms. The first-order valence-corrected chi connectivity index (χ1v) is 5.42. The first-order chi connectivity index (χ1) is 7.22. The summed E-state index contributed by atoms with van der Waals surface area (Å²) in [4.78, 5) is 10.3. The predicted molar refractivity (Wildman–Crippen MR) is 59.0 cm³/mol. The van der Waals surface area contributed by atoms with Crippen LogP contribution < -0.4 is 4.90 Å². The van der Waals surface area contributed by atoms with E-state index in [2.05, 4.69) is 21.8 Å². The van der Waals surface area contributed by atoms with Crippen molar-refractivity contribution in [1.82, 2.24) is 9.97 Å². The summed E-state index contributed by atoms with van der Waals surface area (Å²) in [5.74, 6) is 1.50. The van der Waals surface area contributed by atoms with Crippen molar-refractivity contribution >= 4 is 17.4 Å². The third-order valence-corrected chi connectivity index (χ3v) is 3.20. The average Bonchev–Trinajstić information content (AvgIpc) is 2.60. The minimum absolute atomic E-state index is 0.218. The second-order valence-corrected chi connectivity index (χ2v) is 4.35. The Hall–Kier alpha value is -0.870. The second kappa shape index (κ2) is 4.33. The van der Waals surface area contributed by atoms with Gasteiger partial charge in [-0.1, -0.05) is 18.5 Å². The number of aliphatic hydroxyl groups excluding tert-OH is 1. The van der Waals surface area contributed by atoms with Gasteiger partial charge >= 0.3 is 0 Å². The molecule has 2 atom stereocenters. The van der Waals surface area contributed by atoms with Crippen molar-refractivity contribution in [1.29, 1.82) is 0 Å². The molecule has 0 unspecified atom stereocenters. The number of aliphatic hydroxyl groups is 1. The van der Waals surface area contributed by atoms with E-state index < -0.39 is 0 Å². The zero-order chi connectivity index (χ0) is 10.8. The second-order valence-electron chi connectivity index (χ2n) is 4.00. The van der Waals surface area contributed by atoms with E-state index in [0.717, 1.165) is 18.9 Å². The average molecular weight is 228 g/mol. The first kappa shape index (κ1) is 10.6. The molecule has 1 aromatic heterocycles. The fourth-order valence-electron chi connectivity index (χ4n) is 1.97. The molecule has 0 amide bonds. The van der Waals surface area contributed by atoms with Gasteiger partial charge in [0.05, 0.1) is 0 Å². The van der Waals surface area contributed by atoms with Gasteiger partial charge in [0.15, 0.2) is 11.0 Å². The largest absolute Gasteiger partial charge is 0.396 e. The molecule has 1 aliphatic rings. The van der Waals surface area contributed by atoms with E-state index >= 15 is 0 Å². The third kappa shape index (κ3) is 2.06. The fourth-order valence-corrected chi connectivity index (χ4v) is 2.20. The number of rotatable bonds is 2. The van der Waals surface area contributed by atoms with Crippen molar-refractivity contribution in [2.75, 3.05) is 24.6 Å².